The summed E-state index contributed by atoms with van der Waals surface area (Å²) in [5.74, 6) is -1.34. The van der Waals surface area contributed by atoms with Crippen LogP contribution in [0.1, 0.15) is 16.7 Å². The molecule has 0 heterocycles. The van der Waals surface area contributed by atoms with Crippen molar-refractivity contribution in [2.75, 3.05) is 0 Å². The van der Waals surface area contributed by atoms with Crippen molar-refractivity contribution in [2.45, 2.75) is 19.1 Å². The molecule has 3 rings (SSSR count). The number of carboxylic acids is 1. The van der Waals surface area contributed by atoms with Crippen LogP contribution in [0.2, 0.25) is 0 Å². The van der Waals surface area contributed by atoms with Crippen molar-refractivity contribution in [2.24, 2.45) is 0 Å². The topological polar surface area (TPSA) is 55.8 Å². The average Bonchev–Trinajstić information content (AvgIpc) is 2.75. The van der Waals surface area contributed by atoms with E-state index in [0.29, 0.717) is 22.3 Å². The van der Waals surface area contributed by atoms with E-state index in [9.17, 15) is 31.1 Å². The summed E-state index contributed by atoms with van der Waals surface area (Å²) in [4.78, 5) is 11.0. The van der Waals surface area contributed by atoms with Crippen LogP contribution in [-0.2, 0) is 17.6 Å². The molecule has 3 aromatic carbocycles. The Morgan fingerprint density at radius 3 is 2.03 bits per heavy atom. The van der Waals surface area contributed by atoms with E-state index in [4.69, 9.17) is 9.84 Å². The Kier molecular flexibility index (Phi) is 7.19. The van der Waals surface area contributed by atoms with Crippen molar-refractivity contribution >= 4 is 12.0 Å². The predicted octanol–water partition coefficient (Wildman–Crippen LogP) is 6.95. The predicted molar refractivity (Wildman–Crippen MR) is 111 cm³/mol. The molecule has 0 aromatic heterocycles. The van der Waals surface area contributed by atoms with Crippen LogP contribution < -0.4 is 9.47 Å². The molecule has 0 radical (unpaired) electrons. The van der Waals surface area contributed by atoms with Crippen molar-refractivity contribution in [3.63, 3.8) is 0 Å². The van der Waals surface area contributed by atoms with Crippen LogP contribution in [0.3, 0.4) is 0 Å². The van der Waals surface area contributed by atoms with Gasteiger partial charge in [0, 0.05) is 11.6 Å². The number of alkyl halides is 6. The number of rotatable bonds is 7. The van der Waals surface area contributed by atoms with Crippen LogP contribution in [0.4, 0.5) is 26.3 Å². The van der Waals surface area contributed by atoms with Gasteiger partial charge in [0.15, 0.2) is 0 Å². The first-order valence-corrected chi connectivity index (χ1v) is 9.61. The number of hydrogen-bond acceptors (Lipinski definition) is 3. The maximum atomic E-state index is 12.7. The zero-order valence-electron chi connectivity index (χ0n) is 17.2. The third-order valence-corrected chi connectivity index (χ3v) is 4.51. The SMILES string of the molecule is O=C(O)/C=C/c1cc(-c2ccc(OC(F)(F)F)cc2)ccc1OCc1ccc(C(F)(F)F)cc1. The van der Waals surface area contributed by atoms with Crippen molar-refractivity contribution in [3.05, 3.63) is 89.5 Å². The minimum Gasteiger partial charge on any atom is -0.488 e. The highest BCUT2D eigenvalue weighted by atomic mass is 19.4. The largest absolute Gasteiger partial charge is 0.573 e. The molecule has 178 valence electrons. The van der Waals surface area contributed by atoms with E-state index in [-0.39, 0.29) is 12.4 Å². The van der Waals surface area contributed by atoms with Gasteiger partial charge in [0.2, 0.25) is 0 Å². The third-order valence-electron chi connectivity index (χ3n) is 4.51. The lowest BCUT2D eigenvalue weighted by atomic mass is 10.0. The van der Waals surface area contributed by atoms with Crippen LogP contribution >= 0.6 is 0 Å². The molecule has 0 aliphatic heterocycles. The van der Waals surface area contributed by atoms with Gasteiger partial charge in [-0.25, -0.2) is 4.79 Å². The minimum atomic E-state index is -4.82. The molecule has 3 aromatic rings. The van der Waals surface area contributed by atoms with E-state index in [1.165, 1.54) is 36.4 Å². The molecule has 0 aliphatic rings. The number of hydrogen-bond donors (Lipinski definition) is 1. The van der Waals surface area contributed by atoms with Gasteiger partial charge in [0.05, 0.1) is 5.56 Å². The molecule has 0 bridgehead atoms. The summed E-state index contributed by atoms with van der Waals surface area (Å²) in [5.41, 5.74) is 1.12. The monoisotopic (exact) mass is 482 g/mol. The molecule has 0 amide bonds. The van der Waals surface area contributed by atoms with Gasteiger partial charge in [0.1, 0.15) is 18.1 Å². The van der Waals surface area contributed by atoms with Crippen LogP contribution in [0.5, 0.6) is 11.5 Å². The Labute approximate surface area is 189 Å². The van der Waals surface area contributed by atoms with Crippen LogP contribution in [0, 0.1) is 0 Å². The Bertz CT molecular complexity index is 1160. The lowest BCUT2D eigenvalue weighted by Gasteiger charge is -2.13. The molecule has 0 unspecified atom stereocenters. The fourth-order valence-electron chi connectivity index (χ4n) is 2.95. The number of halogens is 6. The summed E-state index contributed by atoms with van der Waals surface area (Å²) in [7, 11) is 0. The number of aliphatic carboxylic acids is 1. The van der Waals surface area contributed by atoms with Gasteiger partial charge in [-0.15, -0.1) is 13.2 Å². The first-order valence-electron chi connectivity index (χ1n) is 9.61. The van der Waals surface area contributed by atoms with Crippen molar-refractivity contribution in [3.8, 4) is 22.6 Å². The fourth-order valence-corrected chi connectivity index (χ4v) is 2.95. The van der Waals surface area contributed by atoms with Crippen molar-refractivity contribution < 1.29 is 45.7 Å². The molecule has 34 heavy (non-hydrogen) atoms. The van der Waals surface area contributed by atoms with Gasteiger partial charge in [-0.1, -0.05) is 30.3 Å². The highest BCUT2D eigenvalue weighted by molar-refractivity contribution is 5.86. The number of ether oxygens (including phenoxy) is 2. The van der Waals surface area contributed by atoms with E-state index in [1.807, 2.05) is 0 Å². The fraction of sp³-hybridized carbons (Fsp3) is 0.125. The van der Waals surface area contributed by atoms with Crippen LogP contribution in [0.25, 0.3) is 17.2 Å². The Morgan fingerprint density at radius 2 is 1.47 bits per heavy atom. The first-order chi connectivity index (χ1) is 15.9. The number of carbonyl (C=O) groups is 1. The summed E-state index contributed by atoms with van der Waals surface area (Å²) < 4.78 is 84.6. The molecule has 0 saturated heterocycles. The first kappa shape index (κ1) is 24.7. The summed E-state index contributed by atoms with van der Waals surface area (Å²) in [6.07, 6.45) is -7.12. The zero-order valence-corrected chi connectivity index (χ0v) is 17.2. The second-order valence-electron chi connectivity index (χ2n) is 6.98. The standard InChI is InChI=1S/C24H16F6O4/c25-23(26,27)19-7-1-15(2-8-19)14-33-21-11-5-17(13-18(21)6-12-22(31)32)16-3-9-20(10-4-16)34-24(28,29)30/h1-13H,14H2,(H,31,32)/b12-6+. The molecule has 4 nitrogen and oxygen atoms in total. The van der Waals surface area contributed by atoms with E-state index in [2.05, 4.69) is 4.74 Å². The van der Waals surface area contributed by atoms with E-state index >= 15 is 0 Å². The zero-order chi connectivity index (χ0) is 24.9. The molecular weight excluding hydrogens is 466 g/mol. The Morgan fingerprint density at radius 1 is 0.853 bits per heavy atom. The summed E-state index contributed by atoms with van der Waals surface area (Å²) in [6, 6.07) is 14.2. The maximum Gasteiger partial charge on any atom is 0.573 e. The Balaban J connectivity index is 1.82. The van der Waals surface area contributed by atoms with Crippen LogP contribution in [0.15, 0.2) is 72.8 Å². The molecule has 0 atom stereocenters. The third kappa shape index (κ3) is 7.03. The second-order valence-corrected chi connectivity index (χ2v) is 6.98. The Hall–Kier alpha value is -3.95. The van der Waals surface area contributed by atoms with Gasteiger partial charge in [0.25, 0.3) is 0 Å². The molecule has 10 heteroatoms. The van der Waals surface area contributed by atoms with Crippen molar-refractivity contribution in [1.82, 2.24) is 0 Å². The summed E-state index contributed by atoms with van der Waals surface area (Å²) in [6.45, 7) is -0.0745. The highest BCUT2D eigenvalue weighted by Gasteiger charge is 2.31. The smallest absolute Gasteiger partial charge is 0.488 e. The number of benzene rings is 3. The molecule has 0 spiro atoms. The molecular formula is C24H16F6O4. The van der Waals surface area contributed by atoms with Gasteiger partial charge in [-0.05, 0) is 59.2 Å². The summed E-state index contributed by atoms with van der Waals surface area (Å²) >= 11 is 0. The van der Waals surface area contributed by atoms with Gasteiger partial charge in [-0.2, -0.15) is 13.2 Å². The maximum absolute atomic E-state index is 12.7. The van der Waals surface area contributed by atoms with Crippen LogP contribution in [-0.4, -0.2) is 17.4 Å². The van der Waals surface area contributed by atoms with Crippen molar-refractivity contribution in [1.29, 1.82) is 0 Å². The molecule has 0 saturated carbocycles. The minimum absolute atomic E-state index is 0.0745. The van der Waals surface area contributed by atoms with Gasteiger partial charge >= 0.3 is 18.5 Å². The van der Waals surface area contributed by atoms with E-state index in [0.717, 1.165) is 30.3 Å². The number of carboxylic acid groups (broad SMARTS) is 1. The van der Waals surface area contributed by atoms with E-state index < -0.39 is 29.8 Å². The molecule has 0 aliphatic carbocycles. The van der Waals surface area contributed by atoms with Gasteiger partial charge in [-0.3, -0.25) is 0 Å². The molecule has 0 fully saturated rings. The average molecular weight is 482 g/mol. The highest BCUT2D eigenvalue weighted by Crippen LogP contribution is 2.32. The van der Waals surface area contributed by atoms with Gasteiger partial charge < -0.3 is 14.6 Å². The lowest BCUT2D eigenvalue weighted by Crippen LogP contribution is -2.16. The van der Waals surface area contributed by atoms with E-state index in [1.54, 1.807) is 12.1 Å². The lowest BCUT2D eigenvalue weighted by molar-refractivity contribution is -0.274. The molecule has 1 N–H and O–H groups in total. The quantitative estimate of drug-likeness (QED) is 0.293. The normalized spacial score (nSPS) is 12.1. The second kappa shape index (κ2) is 9.90. The summed E-state index contributed by atoms with van der Waals surface area (Å²) in [5, 5.41) is 8.95.